The minimum atomic E-state index is -0.188. The summed E-state index contributed by atoms with van der Waals surface area (Å²) in [5, 5.41) is 4.22. The van der Waals surface area contributed by atoms with E-state index in [1.54, 1.807) is 60.4 Å². The molecule has 1 N–H and O–H groups in total. The number of fused-ring (bicyclic) bond motifs is 1. The summed E-state index contributed by atoms with van der Waals surface area (Å²) >= 11 is 5.97. The van der Waals surface area contributed by atoms with E-state index >= 15 is 0 Å². The molecule has 0 unspecified atom stereocenters. The first-order valence-corrected chi connectivity index (χ1v) is 10.1. The summed E-state index contributed by atoms with van der Waals surface area (Å²) in [4.78, 5) is 26.0. The van der Waals surface area contributed by atoms with Crippen LogP contribution in [0.25, 0.3) is 10.9 Å². The van der Waals surface area contributed by atoms with Gasteiger partial charge in [-0.15, -0.1) is 0 Å². The zero-order valence-electron chi connectivity index (χ0n) is 17.1. The standard InChI is InChI=1S/C24H21ClN2O4/c1-15-20(13-23(28)26-14-19-4-3-11-31-19)21-12-18(30-2)9-10-22(21)27(15)24(29)16-5-7-17(25)8-6-16/h3-12H,13-14H2,1-2H3,(H,26,28). The third kappa shape index (κ3) is 4.20. The Kier molecular flexibility index (Phi) is 5.82. The highest BCUT2D eigenvalue weighted by Crippen LogP contribution is 2.31. The maximum Gasteiger partial charge on any atom is 0.262 e. The molecule has 6 nitrogen and oxygen atoms in total. The van der Waals surface area contributed by atoms with Crippen molar-refractivity contribution in [3.05, 3.63) is 88.5 Å². The van der Waals surface area contributed by atoms with E-state index in [-0.39, 0.29) is 18.2 Å². The number of hydrogen-bond donors (Lipinski definition) is 1. The Morgan fingerprint density at radius 1 is 1.13 bits per heavy atom. The smallest absolute Gasteiger partial charge is 0.262 e. The summed E-state index contributed by atoms with van der Waals surface area (Å²) in [5.41, 5.74) is 2.70. The summed E-state index contributed by atoms with van der Waals surface area (Å²) in [6.45, 7) is 2.14. The summed E-state index contributed by atoms with van der Waals surface area (Å²) in [5.74, 6) is 0.972. The lowest BCUT2D eigenvalue weighted by Gasteiger charge is -2.08. The second kappa shape index (κ2) is 8.70. The van der Waals surface area contributed by atoms with E-state index in [4.69, 9.17) is 20.8 Å². The van der Waals surface area contributed by atoms with Crippen molar-refractivity contribution in [3.8, 4) is 5.75 Å². The Bertz CT molecular complexity index is 1240. The van der Waals surface area contributed by atoms with Crippen molar-refractivity contribution in [2.45, 2.75) is 19.9 Å². The number of hydrogen-bond acceptors (Lipinski definition) is 4. The number of rotatable bonds is 6. The fourth-order valence-electron chi connectivity index (χ4n) is 3.62. The van der Waals surface area contributed by atoms with Crippen molar-refractivity contribution in [1.82, 2.24) is 9.88 Å². The lowest BCUT2D eigenvalue weighted by atomic mass is 10.1. The minimum absolute atomic E-state index is 0.122. The SMILES string of the molecule is COc1ccc2c(c1)c(CC(=O)NCc1ccco1)c(C)n2C(=O)c1ccc(Cl)cc1. The number of amides is 1. The molecule has 0 fully saturated rings. The van der Waals surface area contributed by atoms with Crippen LogP contribution in [0.15, 0.2) is 65.3 Å². The molecule has 0 bridgehead atoms. The van der Waals surface area contributed by atoms with Gasteiger partial charge >= 0.3 is 0 Å². The average molecular weight is 437 g/mol. The average Bonchev–Trinajstić information content (AvgIpc) is 3.39. The quantitative estimate of drug-likeness (QED) is 0.473. The van der Waals surface area contributed by atoms with Gasteiger partial charge in [-0.2, -0.15) is 0 Å². The molecule has 2 heterocycles. The normalized spacial score (nSPS) is 10.9. The summed E-state index contributed by atoms with van der Waals surface area (Å²) in [6, 6.07) is 15.8. The van der Waals surface area contributed by atoms with Crippen LogP contribution in [0.2, 0.25) is 5.02 Å². The fraction of sp³-hybridized carbons (Fsp3) is 0.167. The Hall–Kier alpha value is -3.51. The van der Waals surface area contributed by atoms with Crippen LogP contribution in [-0.4, -0.2) is 23.5 Å². The highest BCUT2D eigenvalue weighted by atomic mass is 35.5. The van der Waals surface area contributed by atoms with Gasteiger partial charge in [0.25, 0.3) is 5.91 Å². The molecule has 0 radical (unpaired) electrons. The molecule has 0 saturated carbocycles. The Labute approximate surface area is 184 Å². The summed E-state index contributed by atoms with van der Waals surface area (Å²) in [7, 11) is 1.58. The third-order valence-electron chi connectivity index (χ3n) is 5.21. The van der Waals surface area contributed by atoms with Crippen molar-refractivity contribution in [1.29, 1.82) is 0 Å². The third-order valence-corrected chi connectivity index (χ3v) is 5.47. The van der Waals surface area contributed by atoms with Crippen LogP contribution in [0.5, 0.6) is 5.75 Å². The number of nitrogens with one attached hydrogen (secondary N) is 1. The molecule has 158 valence electrons. The highest BCUT2D eigenvalue weighted by Gasteiger charge is 2.22. The Morgan fingerprint density at radius 2 is 1.90 bits per heavy atom. The van der Waals surface area contributed by atoms with E-state index in [0.29, 0.717) is 39.9 Å². The second-order valence-electron chi connectivity index (χ2n) is 7.13. The molecular weight excluding hydrogens is 416 g/mol. The molecule has 2 aromatic heterocycles. The van der Waals surface area contributed by atoms with Crippen molar-refractivity contribution in [2.24, 2.45) is 0 Å². The van der Waals surface area contributed by atoms with E-state index in [1.165, 1.54) is 0 Å². The molecule has 0 aliphatic carbocycles. The van der Waals surface area contributed by atoms with Gasteiger partial charge in [0.2, 0.25) is 5.91 Å². The van der Waals surface area contributed by atoms with Crippen molar-refractivity contribution in [2.75, 3.05) is 7.11 Å². The number of benzene rings is 2. The van der Waals surface area contributed by atoms with Gasteiger partial charge in [-0.3, -0.25) is 14.2 Å². The van der Waals surface area contributed by atoms with E-state index in [9.17, 15) is 9.59 Å². The van der Waals surface area contributed by atoms with Gasteiger partial charge in [-0.05, 0) is 67.1 Å². The monoisotopic (exact) mass is 436 g/mol. The predicted octanol–water partition coefficient (Wildman–Crippen LogP) is 4.75. The molecule has 4 rings (SSSR count). The molecule has 0 atom stereocenters. The second-order valence-corrected chi connectivity index (χ2v) is 7.56. The predicted molar refractivity (Wildman–Crippen MR) is 119 cm³/mol. The van der Waals surface area contributed by atoms with Crippen LogP contribution in [0.1, 0.15) is 27.4 Å². The van der Waals surface area contributed by atoms with E-state index in [0.717, 1.165) is 10.9 Å². The molecule has 4 aromatic rings. The first-order chi connectivity index (χ1) is 15.0. The first-order valence-electron chi connectivity index (χ1n) is 9.75. The largest absolute Gasteiger partial charge is 0.497 e. The molecule has 0 aliphatic heterocycles. The van der Waals surface area contributed by atoms with Crippen LogP contribution >= 0.6 is 11.6 Å². The molecular formula is C24H21ClN2O4. The number of methoxy groups -OCH3 is 1. The minimum Gasteiger partial charge on any atom is -0.497 e. The van der Waals surface area contributed by atoms with Crippen molar-refractivity contribution in [3.63, 3.8) is 0 Å². The lowest BCUT2D eigenvalue weighted by Crippen LogP contribution is -2.24. The van der Waals surface area contributed by atoms with Crippen molar-refractivity contribution < 1.29 is 18.7 Å². The topological polar surface area (TPSA) is 73.5 Å². The number of carbonyl (C=O) groups is 2. The van der Waals surface area contributed by atoms with Crippen LogP contribution in [0.3, 0.4) is 0 Å². The molecule has 0 saturated heterocycles. The maximum atomic E-state index is 13.3. The van der Waals surface area contributed by atoms with Gasteiger partial charge in [-0.25, -0.2) is 0 Å². The molecule has 0 aliphatic rings. The van der Waals surface area contributed by atoms with Gasteiger partial charge in [0.15, 0.2) is 0 Å². The van der Waals surface area contributed by atoms with E-state index in [2.05, 4.69) is 5.32 Å². The van der Waals surface area contributed by atoms with Crippen LogP contribution in [0.4, 0.5) is 0 Å². The lowest BCUT2D eigenvalue weighted by molar-refractivity contribution is -0.120. The van der Waals surface area contributed by atoms with E-state index < -0.39 is 0 Å². The number of furan rings is 1. The molecule has 0 spiro atoms. The van der Waals surface area contributed by atoms with E-state index in [1.807, 2.05) is 19.1 Å². The zero-order valence-corrected chi connectivity index (χ0v) is 17.9. The van der Waals surface area contributed by atoms with Crippen LogP contribution < -0.4 is 10.1 Å². The van der Waals surface area contributed by atoms with Gasteiger partial charge < -0.3 is 14.5 Å². The van der Waals surface area contributed by atoms with Gasteiger partial charge in [-0.1, -0.05) is 11.6 Å². The highest BCUT2D eigenvalue weighted by molar-refractivity contribution is 6.30. The van der Waals surface area contributed by atoms with Crippen LogP contribution in [-0.2, 0) is 17.8 Å². The number of carbonyl (C=O) groups excluding carboxylic acids is 2. The first kappa shape index (κ1) is 20.8. The van der Waals surface area contributed by atoms with Crippen molar-refractivity contribution >= 4 is 34.3 Å². The molecule has 2 aromatic carbocycles. The fourth-order valence-corrected chi connectivity index (χ4v) is 3.74. The van der Waals surface area contributed by atoms with Gasteiger partial charge in [0.05, 0.1) is 31.9 Å². The maximum absolute atomic E-state index is 13.3. The molecule has 7 heteroatoms. The number of ether oxygens (including phenoxy) is 1. The van der Waals surface area contributed by atoms with Gasteiger partial charge in [0, 0.05) is 21.7 Å². The number of nitrogens with zero attached hydrogens (tertiary/aromatic N) is 1. The summed E-state index contributed by atoms with van der Waals surface area (Å²) < 4.78 is 12.3. The zero-order chi connectivity index (χ0) is 22.0. The molecule has 1 amide bonds. The Morgan fingerprint density at radius 3 is 2.58 bits per heavy atom. The van der Waals surface area contributed by atoms with Gasteiger partial charge in [0.1, 0.15) is 11.5 Å². The number of aromatic nitrogens is 1. The summed E-state index contributed by atoms with van der Waals surface area (Å²) in [6.07, 6.45) is 1.69. The number of halogens is 1. The van der Waals surface area contributed by atoms with Crippen LogP contribution in [0, 0.1) is 6.92 Å². The Balaban J connectivity index is 1.72. The molecule has 31 heavy (non-hydrogen) atoms.